The largest absolute Gasteiger partial charge is 0.495 e. The maximum absolute atomic E-state index is 5.84. The molecule has 0 spiro atoms. The SMILES string of the molecule is COc1cc(-c2ccc(Cl)cc2)ccc1N. The zero-order chi connectivity index (χ0) is 11.5. The Labute approximate surface area is 99.6 Å². The van der Waals surface area contributed by atoms with Crippen LogP contribution in [0.25, 0.3) is 11.1 Å². The summed E-state index contributed by atoms with van der Waals surface area (Å²) in [6.07, 6.45) is 0. The minimum atomic E-state index is 0.639. The third-order valence-corrected chi connectivity index (χ3v) is 2.66. The zero-order valence-electron chi connectivity index (χ0n) is 8.91. The minimum absolute atomic E-state index is 0.639. The Morgan fingerprint density at radius 1 is 1.00 bits per heavy atom. The molecule has 0 radical (unpaired) electrons. The lowest BCUT2D eigenvalue weighted by molar-refractivity contribution is 0.417. The number of hydrogen-bond donors (Lipinski definition) is 1. The Balaban J connectivity index is 2.44. The number of methoxy groups -OCH3 is 1. The highest BCUT2D eigenvalue weighted by Gasteiger charge is 2.02. The Bertz CT molecular complexity index is 494. The first-order valence-corrected chi connectivity index (χ1v) is 5.28. The predicted octanol–water partition coefficient (Wildman–Crippen LogP) is 3.60. The normalized spacial score (nSPS) is 10.1. The molecular formula is C13H12ClNO. The number of hydrogen-bond acceptors (Lipinski definition) is 2. The van der Waals surface area contributed by atoms with E-state index < -0.39 is 0 Å². The van der Waals surface area contributed by atoms with Crippen molar-refractivity contribution in [3.8, 4) is 16.9 Å². The van der Waals surface area contributed by atoms with E-state index in [-0.39, 0.29) is 0 Å². The van der Waals surface area contributed by atoms with Crippen LogP contribution < -0.4 is 10.5 Å². The van der Waals surface area contributed by atoms with Gasteiger partial charge < -0.3 is 10.5 Å². The van der Waals surface area contributed by atoms with Gasteiger partial charge in [0.05, 0.1) is 12.8 Å². The molecule has 0 saturated carbocycles. The highest BCUT2D eigenvalue weighted by atomic mass is 35.5. The summed E-state index contributed by atoms with van der Waals surface area (Å²) in [5.41, 5.74) is 8.54. The fourth-order valence-electron chi connectivity index (χ4n) is 1.53. The minimum Gasteiger partial charge on any atom is -0.495 e. The standard InChI is InChI=1S/C13H12ClNO/c1-16-13-8-10(4-7-12(13)15)9-2-5-11(14)6-3-9/h2-8H,15H2,1H3. The Hall–Kier alpha value is -1.67. The monoisotopic (exact) mass is 233 g/mol. The quantitative estimate of drug-likeness (QED) is 0.805. The van der Waals surface area contributed by atoms with E-state index in [0.717, 1.165) is 16.1 Å². The topological polar surface area (TPSA) is 35.2 Å². The van der Waals surface area contributed by atoms with Crippen molar-refractivity contribution >= 4 is 17.3 Å². The molecule has 2 aromatic carbocycles. The molecule has 2 rings (SSSR count). The lowest BCUT2D eigenvalue weighted by Gasteiger charge is -2.07. The lowest BCUT2D eigenvalue weighted by atomic mass is 10.1. The van der Waals surface area contributed by atoms with E-state index in [1.54, 1.807) is 7.11 Å². The summed E-state index contributed by atoms with van der Waals surface area (Å²) in [5, 5.41) is 0.728. The second-order valence-corrected chi connectivity index (χ2v) is 3.90. The summed E-state index contributed by atoms with van der Waals surface area (Å²) in [4.78, 5) is 0. The average Bonchev–Trinajstić information content (AvgIpc) is 2.31. The Morgan fingerprint density at radius 2 is 1.62 bits per heavy atom. The van der Waals surface area contributed by atoms with Crippen molar-refractivity contribution in [1.82, 2.24) is 0 Å². The number of anilines is 1. The number of halogens is 1. The summed E-state index contributed by atoms with van der Waals surface area (Å²) in [6, 6.07) is 13.4. The Morgan fingerprint density at radius 3 is 2.25 bits per heavy atom. The first-order valence-electron chi connectivity index (χ1n) is 4.90. The maximum Gasteiger partial charge on any atom is 0.142 e. The van der Waals surface area contributed by atoms with Crippen LogP contribution in [0.2, 0.25) is 5.02 Å². The zero-order valence-corrected chi connectivity index (χ0v) is 9.66. The molecule has 2 N–H and O–H groups in total. The Kier molecular flexibility index (Phi) is 3.02. The summed E-state index contributed by atoms with van der Waals surface area (Å²) < 4.78 is 5.18. The van der Waals surface area contributed by atoms with E-state index in [2.05, 4.69) is 0 Å². The van der Waals surface area contributed by atoms with Crippen molar-refractivity contribution in [2.45, 2.75) is 0 Å². The number of rotatable bonds is 2. The molecule has 0 saturated heterocycles. The van der Waals surface area contributed by atoms with Crippen LogP contribution in [-0.4, -0.2) is 7.11 Å². The molecule has 2 nitrogen and oxygen atoms in total. The van der Waals surface area contributed by atoms with Crippen LogP contribution in [0.3, 0.4) is 0 Å². The second-order valence-electron chi connectivity index (χ2n) is 3.46. The van der Waals surface area contributed by atoms with E-state index >= 15 is 0 Å². The fraction of sp³-hybridized carbons (Fsp3) is 0.0769. The van der Waals surface area contributed by atoms with Crippen LogP contribution in [0.1, 0.15) is 0 Å². The molecular weight excluding hydrogens is 222 g/mol. The first-order chi connectivity index (χ1) is 7.70. The van der Waals surface area contributed by atoms with Crippen LogP contribution in [0.4, 0.5) is 5.69 Å². The predicted molar refractivity (Wildman–Crippen MR) is 67.9 cm³/mol. The summed E-state index contributed by atoms with van der Waals surface area (Å²) in [5.74, 6) is 0.687. The van der Waals surface area contributed by atoms with Crippen LogP contribution in [-0.2, 0) is 0 Å². The van der Waals surface area contributed by atoms with Crippen LogP contribution in [0, 0.1) is 0 Å². The van der Waals surface area contributed by atoms with Gasteiger partial charge in [-0.25, -0.2) is 0 Å². The molecule has 0 atom stereocenters. The number of ether oxygens (including phenoxy) is 1. The molecule has 82 valence electrons. The van der Waals surface area contributed by atoms with E-state index in [4.69, 9.17) is 22.1 Å². The number of nitrogen functional groups attached to an aromatic ring is 1. The summed E-state index contributed by atoms with van der Waals surface area (Å²) >= 11 is 5.84. The van der Waals surface area contributed by atoms with E-state index in [0.29, 0.717) is 11.4 Å². The first kappa shape index (κ1) is 10.8. The molecule has 0 amide bonds. The molecule has 0 unspecified atom stereocenters. The van der Waals surface area contributed by atoms with Crippen LogP contribution in [0.5, 0.6) is 5.75 Å². The van der Waals surface area contributed by atoms with E-state index in [1.807, 2.05) is 42.5 Å². The van der Waals surface area contributed by atoms with Gasteiger partial charge in [0.1, 0.15) is 5.75 Å². The molecule has 0 aliphatic carbocycles. The van der Waals surface area contributed by atoms with Gasteiger partial charge in [-0.05, 0) is 35.4 Å². The third-order valence-electron chi connectivity index (χ3n) is 2.41. The molecule has 0 aliphatic heterocycles. The smallest absolute Gasteiger partial charge is 0.142 e. The van der Waals surface area contributed by atoms with Gasteiger partial charge in [0.25, 0.3) is 0 Å². The lowest BCUT2D eigenvalue weighted by Crippen LogP contribution is -1.92. The molecule has 16 heavy (non-hydrogen) atoms. The van der Waals surface area contributed by atoms with Gasteiger partial charge in [0.2, 0.25) is 0 Å². The molecule has 0 heterocycles. The van der Waals surface area contributed by atoms with Gasteiger partial charge in [-0.3, -0.25) is 0 Å². The van der Waals surface area contributed by atoms with Crippen molar-refractivity contribution < 1.29 is 4.74 Å². The average molecular weight is 234 g/mol. The summed E-state index contributed by atoms with van der Waals surface area (Å²) in [7, 11) is 1.61. The molecule has 0 aromatic heterocycles. The molecule has 0 aliphatic rings. The van der Waals surface area contributed by atoms with Gasteiger partial charge >= 0.3 is 0 Å². The maximum atomic E-state index is 5.84. The van der Waals surface area contributed by atoms with Crippen molar-refractivity contribution in [1.29, 1.82) is 0 Å². The number of nitrogens with two attached hydrogens (primary N) is 1. The van der Waals surface area contributed by atoms with Crippen molar-refractivity contribution in [2.24, 2.45) is 0 Å². The molecule has 0 bridgehead atoms. The molecule has 2 aromatic rings. The number of benzene rings is 2. The second kappa shape index (κ2) is 4.45. The highest BCUT2D eigenvalue weighted by Crippen LogP contribution is 2.29. The van der Waals surface area contributed by atoms with Crippen LogP contribution >= 0.6 is 11.6 Å². The van der Waals surface area contributed by atoms with E-state index in [9.17, 15) is 0 Å². The van der Waals surface area contributed by atoms with Gasteiger partial charge in [0, 0.05) is 5.02 Å². The third kappa shape index (κ3) is 2.12. The van der Waals surface area contributed by atoms with Gasteiger partial charge in [-0.1, -0.05) is 29.8 Å². The highest BCUT2D eigenvalue weighted by molar-refractivity contribution is 6.30. The van der Waals surface area contributed by atoms with Crippen molar-refractivity contribution in [2.75, 3.05) is 12.8 Å². The molecule has 3 heteroatoms. The molecule has 0 fully saturated rings. The fourth-order valence-corrected chi connectivity index (χ4v) is 1.66. The van der Waals surface area contributed by atoms with E-state index in [1.165, 1.54) is 0 Å². The van der Waals surface area contributed by atoms with Crippen molar-refractivity contribution in [3.63, 3.8) is 0 Å². The van der Waals surface area contributed by atoms with Gasteiger partial charge in [0.15, 0.2) is 0 Å². The van der Waals surface area contributed by atoms with Crippen molar-refractivity contribution in [3.05, 3.63) is 47.5 Å². The van der Waals surface area contributed by atoms with Gasteiger partial charge in [-0.2, -0.15) is 0 Å². The van der Waals surface area contributed by atoms with Gasteiger partial charge in [-0.15, -0.1) is 0 Å². The summed E-state index contributed by atoms with van der Waals surface area (Å²) in [6.45, 7) is 0. The van der Waals surface area contributed by atoms with Crippen LogP contribution in [0.15, 0.2) is 42.5 Å².